The van der Waals surface area contributed by atoms with Gasteiger partial charge in [-0.1, -0.05) is 40.7 Å². The van der Waals surface area contributed by atoms with E-state index in [4.69, 9.17) is 10.2 Å². The summed E-state index contributed by atoms with van der Waals surface area (Å²) in [4.78, 5) is 0. The van der Waals surface area contributed by atoms with Crippen LogP contribution in [-0.4, -0.2) is 0 Å². The Bertz CT molecular complexity index is 566. The molecule has 0 aliphatic heterocycles. The summed E-state index contributed by atoms with van der Waals surface area (Å²) in [5, 5.41) is 1.16. The molecular weight excluding hydrogens is 234 g/mol. The maximum absolute atomic E-state index is 6.16. The van der Waals surface area contributed by atoms with Crippen LogP contribution in [-0.2, 0) is 5.41 Å². The quantitative estimate of drug-likeness (QED) is 0.858. The lowest BCUT2D eigenvalue weighted by Gasteiger charge is -2.23. The maximum Gasteiger partial charge on any atom is 0.134 e. The number of furan rings is 1. The molecule has 2 heteroatoms. The van der Waals surface area contributed by atoms with E-state index in [2.05, 4.69) is 58.9 Å². The minimum absolute atomic E-state index is 0.0324. The van der Waals surface area contributed by atoms with Gasteiger partial charge in [0.15, 0.2) is 0 Å². The monoisotopic (exact) mass is 259 g/mol. The largest absolute Gasteiger partial charge is 0.459 e. The Morgan fingerprint density at radius 3 is 2.47 bits per heavy atom. The first-order valence-electron chi connectivity index (χ1n) is 7.14. The second-order valence-corrected chi connectivity index (χ2v) is 6.41. The van der Waals surface area contributed by atoms with Crippen LogP contribution in [0.25, 0.3) is 11.0 Å². The zero-order chi connectivity index (χ0) is 14.2. The summed E-state index contributed by atoms with van der Waals surface area (Å²) >= 11 is 0. The summed E-state index contributed by atoms with van der Waals surface area (Å²) < 4.78 is 5.87. The summed E-state index contributed by atoms with van der Waals surface area (Å²) in [6.45, 7) is 11.0. The van der Waals surface area contributed by atoms with Crippen LogP contribution in [0.4, 0.5) is 0 Å². The fourth-order valence-electron chi connectivity index (χ4n) is 2.18. The van der Waals surface area contributed by atoms with Gasteiger partial charge in [-0.3, -0.25) is 0 Å². The van der Waals surface area contributed by atoms with Crippen LogP contribution in [0.1, 0.15) is 58.4 Å². The molecule has 0 aliphatic carbocycles. The molecule has 1 atom stereocenters. The number of fused-ring (bicyclic) bond motifs is 1. The number of rotatable bonds is 4. The van der Waals surface area contributed by atoms with E-state index < -0.39 is 0 Å². The standard InChI is InChI=1S/C17H25NO/c1-6-17(4,5)13-7-8-14-12(9-13)10-15(19-14)16(18)11(2)3/h7-11,16H,6,18H2,1-5H3. The lowest BCUT2D eigenvalue weighted by atomic mass is 9.82. The van der Waals surface area contributed by atoms with Gasteiger partial charge in [-0.15, -0.1) is 0 Å². The van der Waals surface area contributed by atoms with Crippen LogP contribution in [0.15, 0.2) is 28.7 Å². The average molecular weight is 259 g/mol. The van der Waals surface area contributed by atoms with E-state index in [-0.39, 0.29) is 11.5 Å². The van der Waals surface area contributed by atoms with E-state index >= 15 is 0 Å². The predicted molar refractivity (Wildman–Crippen MR) is 81.3 cm³/mol. The molecule has 2 N–H and O–H groups in total. The molecule has 0 bridgehead atoms. The molecule has 1 aromatic heterocycles. The predicted octanol–water partition coefficient (Wildman–Crippen LogP) is 4.78. The molecular formula is C17H25NO. The molecule has 0 radical (unpaired) electrons. The summed E-state index contributed by atoms with van der Waals surface area (Å²) in [5.41, 5.74) is 8.64. The highest BCUT2D eigenvalue weighted by Crippen LogP contribution is 2.32. The lowest BCUT2D eigenvalue weighted by molar-refractivity contribution is 0.418. The van der Waals surface area contributed by atoms with Crippen molar-refractivity contribution in [1.29, 1.82) is 0 Å². The van der Waals surface area contributed by atoms with E-state index in [1.54, 1.807) is 0 Å². The summed E-state index contributed by atoms with van der Waals surface area (Å²) in [5.74, 6) is 1.27. The Morgan fingerprint density at radius 1 is 1.21 bits per heavy atom. The van der Waals surface area contributed by atoms with Gasteiger partial charge in [0.2, 0.25) is 0 Å². The zero-order valence-electron chi connectivity index (χ0n) is 12.7. The van der Waals surface area contributed by atoms with E-state index in [1.165, 1.54) is 5.56 Å². The van der Waals surface area contributed by atoms with Crippen molar-refractivity contribution in [2.75, 3.05) is 0 Å². The molecule has 0 fully saturated rings. The van der Waals surface area contributed by atoms with Crippen molar-refractivity contribution in [2.45, 2.75) is 52.5 Å². The normalized spacial score (nSPS) is 14.3. The number of nitrogens with two attached hydrogens (primary N) is 1. The molecule has 2 nitrogen and oxygen atoms in total. The molecule has 0 aliphatic rings. The second kappa shape index (κ2) is 5.01. The van der Waals surface area contributed by atoms with Crippen molar-refractivity contribution in [3.05, 3.63) is 35.6 Å². The van der Waals surface area contributed by atoms with E-state index in [1.807, 2.05) is 0 Å². The van der Waals surface area contributed by atoms with Crippen molar-refractivity contribution in [1.82, 2.24) is 0 Å². The van der Waals surface area contributed by atoms with E-state index in [9.17, 15) is 0 Å². The maximum atomic E-state index is 6.16. The minimum atomic E-state index is -0.0324. The van der Waals surface area contributed by atoms with Crippen molar-refractivity contribution in [3.8, 4) is 0 Å². The van der Waals surface area contributed by atoms with Crippen molar-refractivity contribution in [3.63, 3.8) is 0 Å². The van der Waals surface area contributed by atoms with Gasteiger partial charge in [-0.05, 0) is 41.5 Å². The molecule has 104 valence electrons. The Balaban J connectivity index is 2.44. The average Bonchev–Trinajstić information content (AvgIpc) is 2.80. The van der Waals surface area contributed by atoms with Gasteiger partial charge in [0, 0.05) is 5.39 Å². The first-order chi connectivity index (χ1) is 8.85. The highest BCUT2D eigenvalue weighted by Gasteiger charge is 2.20. The van der Waals surface area contributed by atoms with Gasteiger partial charge in [-0.2, -0.15) is 0 Å². The van der Waals surface area contributed by atoms with Gasteiger partial charge in [0.05, 0.1) is 6.04 Å². The topological polar surface area (TPSA) is 39.2 Å². The molecule has 0 saturated carbocycles. The molecule has 2 aromatic rings. The van der Waals surface area contributed by atoms with Crippen molar-refractivity contribution in [2.24, 2.45) is 11.7 Å². The summed E-state index contributed by atoms with van der Waals surface area (Å²) in [6.07, 6.45) is 1.12. The fourth-order valence-corrected chi connectivity index (χ4v) is 2.18. The molecule has 0 saturated heterocycles. The van der Waals surface area contributed by atoms with Gasteiger partial charge < -0.3 is 10.2 Å². The molecule has 1 heterocycles. The van der Waals surface area contributed by atoms with Crippen LogP contribution in [0.5, 0.6) is 0 Å². The molecule has 19 heavy (non-hydrogen) atoms. The molecule has 0 amide bonds. The SMILES string of the molecule is CCC(C)(C)c1ccc2oc(C(N)C(C)C)cc2c1. The first-order valence-corrected chi connectivity index (χ1v) is 7.14. The van der Waals surface area contributed by atoms with Crippen LogP contribution in [0, 0.1) is 5.92 Å². The van der Waals surface area contributed by atoms with Crippen molar-refractivity contribution < 1.29 is 4.42 Å². The lowest BCUT2D eigenvalue weighted by Crippen LogP contribution is -2.15. The molecule has 2 rings (SSSR count). The summed E-state index contributed by atoms with van der Waals surface area (Å²) in [7, 11) is 0. The number of hydrogen-bond acceptors (Lipinski definition) is 2. The van der Waals surface area contributed by atoms with E-state index in [0.717, 1.165) is 23.2 Å². The number of benzene rings is 1. The fraction of sp³-hybridized carbons (Fsp3) is 0.529. The molecule has 1 unspecified atom stereocenters. The third kappa shape index (κ3) is 2.69. The molecule has 1 aromatic carbocycles. The third-order valence-corrected chi connectivity index (χ3v) is 4.25. The molecule has 0 spiro atoms. The Labute approximate surface area is 116 Å². The summed E-state index contributed by atoms with van der Waals surface area (Å²) in [6, 6.07) is 8.53. The van der Waals surface area contributed by atoms with Crippen LogP contribution < -0.4 is 5.73 Å². The Morgan fingerprint density at radius 2 is 1.89 bits per heavy atom. The zero-order valence-corrected chi connectivity index (χ0v) is 12.7. The van der Waals surface area contributed by atoms with Gasteiger partial charge in [0.1, 0.15) is 11.3 Å². The highest BCUT2D eigenvalue weighted by atomic mass is 16.3. The highest BCUT2D eigenvalue weighted by molar-refractivity contribution is 5.79. The first kappa shape index (κ1) is 14.1. The third-order valence-electron chi connectivity index (χ3n) is 4.25. The minimum Gasteiger partial charge on any atom is -0.459 e. The van der Waals surface area contributed by atoms with Gasteiger partial charge in [-0.25, -0.2) is 0 Å². The van der Waals surface area contributed by atoms with Gasteiger partial charge >= 0.3 is 0 Å². The Hall–Kier alpha value is -1.28. The van der Waals surface area contributed by atoms with Gasteiger partial charge in [0.25, 0.3) is 0 Å². The van der Waals surface area contributed by atoms with E-state index in [0.29, 0.717) is 5.92 Å². The smallest absolute Gasteiger partial charge is 0.134 e. The van der Waals surface area contributed by atoms with Crippen molar-refractivity contribution >= 4 is 11.0 Å². The Kier molecular flexibility index (Phi) is 3.73. The van der Waals surface area contributed by atoms with Crippen LogP contribution in [0.2, 0.25) is 0 Å². The van der Waals surface area contributed by atoms with Crippen LogP contribution in [0.3, 0.4) is 0 Å². The van der Waals surface area contributed by atoms with Crippen LogP contribution >= 0.6 is 0 Å². The second-order valence-electron chi connectivity index (χ2n) is 6.41. The number of hydrogen-bond donors (Lipinski definition) is 1.